The first kappa shape index (κ1) is 11.5. The normalized spacial score (nSPS) is 18.9. The van der Waals surface area contributed by atoms with Gasteiger partial charge in [-0.3, -0.25) is 4.98 Å². The van der Waals surface area contributed by atoms with E-state index in [-0.39, 0.29) is 11.9 Å². The van der Waals surface area contributed by atoms with Crippen LogP contribution in [0.5, 0.6) is 0 Å². The Morgan fingerprint density at radius 3 is 2.81 bits per heavy atom. The Bertz CT molecular complexity index is 317. The van der Waals surface area contributed by atoms with Gasteiger partial charge in [-0.1, -0.05) is 12.8 Å². The van der Waals surface area contributed by atoms with Gasteiger partial charge in [-0.2, -0.15) is 0 Å². The summed E-state index contributed by atoms with van der Waals surface area (Å²) >= 11 is 0. The molecule has 16 heavy (non-hydrogen) atoms. The molecule has 1 aliphatic carbocycles. The van der Waals surface area contributed by atoms with Crippen LogP contribution < -0.4 is 5.32 Å². The van der Waals surface area contributed by atoms with Crippen molar-refractivity contribution in [1.82, 2.24) is 10.3 Å². The number of halogens is 1. The van der Waals surface area contributed by atoms with Crippen LogP contribution in [0.4, 0.5) is 4.39 Å². The molecule has 1 unspecified atom stereocenters. The molecule has 1 atom stereocenters. The number of aromatic nitrogens is 1. The molecule has 88 valence electrons. The summed E-state index contributed by atoms with van der Waals surface area (Å²) in [5, 5.41) is 3.48. The van der Waals surface area contributed by atoms with E-state index in [0.29, 0.717) is 0 Å². The fraction of sp³-hybridized carbons (Fsp3) is 0.615. The maximum Gasteiger partial charge on any atom is 0.141 e. The standard InChI is InChI=1S/C13H19FN2/c1-10(13-7-6-12(14)9-16-13)15-8-11-4-2-3-5-11/h6-7,9-11,15H,2-5,8H2,1H3. The number of nitrogens with one attached hydrogen (secondary N) is 1. The molecule has 2 rings (SSSR count). The van der Waals surface area contributed by atoms with Crippen LogP contribution in [0.2, 0.25) is 0 Å². The molecule has 0 radical (unpaired) electrons. The molecular weight excluding hydrogens is 203 g/mol. The summed E-state index contributed by atoms with van der Waals surface area (Å²) in [6.45, 7) is 3.13. The van der Waals surface area contributed by atoms with Crippen LogP contribution in [0.1, 0.15) is 44.3 Å². The average molecular weight is 222 g/mol. The SMILES string of the molecule is CC(NCC1CCCC1)c1ccc(F)cn1. The second-order valence-electron chi connectivity index (χ2n) is 4.68. The highest BCUT2D eigenvalue weighted by Crippen LogP contribution is 2.24. The van der Waals surface area contributed by atoms with Crippen LogP contribution in [0.25, 0.3) is 0 Å². The van der Waals surface area contributed by atoms with Crippen molar-refractivity contribution < 1.29 is 4.39 Å². The lowest BCUT2D eigenvalue weighted by atomic mass is 10.1. The van der Waals surface area contributed by atoms with E-state index in [9.17, 15) is 4.39 Å². The Hall–Kier alpha value is -0.960. The largest absolute Gasteiger partial charge is 0.309 e. The topological polar surface area (TPSA) is 24.9 Å². The first-order valence-corrected chi connectivity index (χ1v) is 6.10. The highest BCUT2D eigenvalue weighted by molar-refractivity contribution is 5.08. The van der Waals surface area contributed by atoms with Crippen molar-refractivity contribution in [3.63, 3.8) is 0 Å². The van der Waals surface area contributed by atoms with Gasteiger partial charge in [0.15, 0.2) is 0 Å². The minimum Gasteiger partial charge on any atom is -0.309 e. The average Bonchev–Trinajstić information content (AvgIpc) is 2.80. The van der Waals surface area contributed by atoms with Gasteiger partial charge in [-0.05, 0) is 44.4 Å². The van der Waals surface area contributed by atoms with E-state index in [0.717, 1.165) is 18.2 Å². The van der Waals surface area contributed by atoms with E-state index in [1.54, 1.807) is 6.07 Å². The van der Waals surface area contributed by atoms with Crippen molar-refractivity contribution in [3.05, 3.63) is 29.8 Å². The molecule has 2 nitrogen and oxygen atoms in total. The molecule has 0 saturated heterocycles. The van der Waals surface area contributed by atoms with Crippen LogP contribution in [0, 0.1) is 11.7 Å². The Balaban J connectivity index is 1.82. The fourth-order valence-electron chi connectivity index (χ4n) is 2.31. The molecule has 0 spiro atoms. The zero-order chi connectivity index (χ0) is 11.4. The van der Waals surface area contributed by atoms with Crippen molar-refractivity contribution in [1.29, 1.82) is 0 Å². The summed E-state index contributed by atoms with van der Waals surface area (Å²) in [6.07, 6.45) is 6.71. The Morgan fingerprint density at radius 1 is 1.44 bits per heavy atom. The number of nitrogens with zero attached hydrogens (tertiary/aromatic N) is 1. The monoisotopic (exact) mass is 222 g/mol. The lowest BCUT2D eigenvalue weighted by Gasteiger charge is -2.16. The molecule has 1 N–H and O–H groups in total. The fourth-order valence-corrected chi connectivity index (χ4v) is 2.31. The molecule has 1 heterocycles. The summed E-state index contributed by atoms with van der Waals surface area (Å²) < 4.78 is 12.7. The predicted octanol–water partition coefficient (Wildman–Crippen LogP) is 3.06. The molecule has 1 aliphatic rings. The van der Waals surface area contributed by atoms with Gasteiger partial charge >= 0.3 is 0 Å². The predicted molar refractivity (Wildman–Crippen MR) is 62.6 cm³/mol. The molecule has 3 heteroatoms. The van der Waals surface area contributed by atoms with Gasteiger partial charge in [0, 0.05) is 6.04 Å². The van der Waals surface area contributed by atoms with E-state index in [1.165, 1.54) is 37.9 Å². The molecular formula is C13H19FN2. The summed E-state index contributed by atoms with van der Waals surface area (Å²) in [5.41, 5.74) is 0.916. The second-order valence-corrected chi connectivity index (χ2v) is 4.68. The first-order chi connectivity index (χ1) is 7.75. The number of rotatable bonds is 4. The Morgan fingerprint density at radius 2 is 2.19 bits per heavy atom. The van der Waals surface area contributed by atoms with Gasteiger partial charge in [-0.25, -0.2) is 4.39 Å². The minimum absolute atomic E-state index is 0.209. The number of pyridine rings is 1. The second kappa shape index (κ2) is 5.39. The highest BCUT2D eigenvalue weighted by Gasteiger charge is 2.16. The van der Waals surface area contributed by atoms with E-state index < -0.39 is 0 Å². The van der Waals surface area contributed by atoms with Crippen molar-refractivity contribution >= 4 is 0 Å². The van der Waals surface area contributed by atoms with Crippen molar-refractivity contribution in [2.45, 2.75) is 38.6 Å². The van der Waals surface area contributed by atoms with Gasteiger partial charge < -0.3 is 5.32 Å². The molecule has 1 fully saturated rings. The summed E-state index contributed by atoms with van der Waals surface area (Å²) in [6, 6.07) is 3.43. The molecule has 1 aromatic heterocycles. The zero-order valence-electron chi connectivity index (χ0n) is 9.75. The maximum atomic E-state index is 12.7. The van der Waals surface area contributed by atoms with E-state index in [1.807, 2.05) is 0 Å². The molecule has 1 saturated carbocycles. The minimum atomic E-state index is -0.272. The van der Waals surface area contributed by atoms with Gasteiger partial charge in [0.05, 0.1) is 11.9 Å². The number of hydrogen-bond donors (Lipinski definition) is 1. The van der Waals surface area contributed by atoms with Crippen molar-refractivity contribution in [2.24, 2.45) is 5.92 Å². The van der Waals surface area contributed by atoms with Gasteiger partial charge in [-0.15, -0.1) is 0 Å². The lowest BCUT2D eigenvalue weighted by Crippen LogP contribution is -2.25. The van der Waals surface area contributed by atoms with E-state index >= 15 is 0 Å². The van der Waals surface area contributed by atoms with E-state index in [2.05, 4.69) is 17.2 Å². The van der Waals surface area contributed by atoms with Crippen molar-refractivity contribution in [2.75, 3.05) is 6.54 Å². The van der Waals surface area contributed by atoms with Crippen LogP contribution in [-0.2, 0) is 0 Å². The molecule has 0 aromatic carbocycles. The summed E-state index contributed by atoms with van der Waals surface area (Å²) in [4.78, 5) is 4.09. The van der Waals surface area contributed by atoms with Crippen LogP contribution in [0.3, 0.4) is 0 Å². The third-order valence-corrected chi connectivity index (χ3v) is 3.38. The van der Waals surface area contributed by atoms with Gasteiger partial charge in [0.25, 0.3) is 0 Å². The summed E-state index contributed by atoms with van der Waals surface area (Å²) in [5.74, 6) is 0.551. The van der Waals surface area contributed by atoms with Crippen LogP contribution in [-0.4, -0.2) is 11.5 Å². The highest BCUT2D eigenvalue weighted by atomic mass is 19.1. The van der Waals surface area contributed by atoms with E-state index in [4.69, 9.17) is 0 Å². The van der Waals surface area contributed by atoms with Gasteiger partial charge in [0.2, 0.25) is 0 Å². The smallest absolute Gasteiger partial charge is 0.141 e. The summed E-state index contributed by atoms with van der Waals surface area (Å²) in [7, 11) is 0. The maximum absolute atomic E-state index is 12.7. The van der Waals surface area contributed by atoms with Crippen LogP contribution >= 0.6 is 0 Å². The quantitative estimate of drug-likeness (QED) is 0.847. The molecule has 0 bridgehead atoms. The first-order valence-electron chi connectivity index (χ1n) is 6.10. The Kier molecular flexibility index (Phi) is 3.88. The van der Waals surface area contributed by atoms with Crippen LogP contribution in [0.15, 0.2) is 18.3 Å². The Labute approximate surface area is 96.3 Å². The lowest BCUT2D eigenvalue weighted by molar-refractivity contribution is 0.447. The van der Waals surface area contributed by atoms with Crippen molar-refractivity contribution in [3.8, 4) is 0 Å². The third-order valence-electron chi connectivity index (χ3n) is 3.38. The zero-order valence-corrected chi connectivity index (χ0v) is 9.75. The third kappa shape index (κ3) is 3.01. The molecule has 1 aromatic rings. The number of hydrogen-bond acceptors (Lipinski definition) is 2. The van der Waals surface area contributed by atoms with Gasteiger partial charge in [0.1, 0.15) is 5.82 Å². The molecule has 0 aliphatic heterocycles. The molecule has 0 amide bonds.